The van der Waals surface area contributed by atoms with Crippen molar-refractivity contribution in [3.8, 4) is 0 Å². The Bertz CT molecular complexity index is 320. The summed E-state index contributed by atoms with van der Waals surface area (Å²) in [5.41, 5.74) is 0. The number of amides is 1. The standard InChI is InChI=1S/C14H26N2O3/c1-5-10(2)12(14(18)19-4)15-13(17)11-8-6-7-9-16(11)3/h10-12H,5-9H2,1-4H3,(H,15,17)/t10-,11+,12-/m0/s1. The molecule has 1 N–H and O–H groups in total. The monoisotopic (exact) mass is 270 g/mol. The Hall–Kier alpha value is -1.10. The second kappa shape index (κ2) is 7.48. The minimum Gasteiger partial charge on any atom is -0.467 e. The second-order valence-corrected chi connectivity index (χ2v) is 5.39. The number of rotatable bonds is 5. The van der Waals surface area contributed by atoms with Crippen molar-refractivity contribution in [2.45, 2.75) is 51.6 Å². The van der Waals surface area contributed by atoms with Gasteiger partial charge in [-0.1, -0.05) is 26.7 Å². The molecule has 1 aliphatic rings. The molecule has 110 valence electrons. The third-order valence-electron chi connectivity index (χ3n) is 4.04. The van der Waals surface area contributed by atoms with Gasteiger partial charge < -0.3 is 10.1 Å². The maximum Gasteiger partial charge on any atom is 0.328 e. The molecule has 0 aliphatic carbocycles. The lowest BCUT2D eigenvalue weighted by molar-refractivity contribution is -0.147. The second-order valence-electron chi connectivity index (χ2n) is 5.39. The van der Waals surface area contributed by atoms with Crippen LogP contribution in [0.2, 0.25) is 0 Å². The van der Waals surface area contributed by atoms with Crippen LogP contribution in [0, 0.1) is 5.92 Å². The minimum absolute atomic E-state index is 0.0575. The summed E-state index contributed by atoms with van der Waals surface area (Å²) >= 11 is 0. The molecule has 1 saturated heterocycles. The van der Waals surface area contributed by atoms with E-state index in [1.54, 1.807) is 0 Å². The summed E-state index contributed by atoms with van der Waals surface area (Å²) in [7, 11) is 3.32. The number of carbonyl (C=O) groups is 2. The largest absolute Gasteiger partial charge is 0.467 e. The molecule has 0 unspecified atom stereocenters. The van der Waals surface area contributed by atoms with Gasteiger partial charge in [-0.3, -0.25) is 9.69 Å². The first-order chi connectivity index (χ1) is 9.01. The van der Waals surface area contributed by atoms with Gasteiger partial charge in [0.1, 0.15) is 6.04 Å². The van der Waals surface area contributed by atoms with Crippen molar-refractivity contribution in [1.82, 2.24) is 10.2 Å². The minimum atomic E-state index is -0.544. The lowest BCUT2D eigenvalue weighted by Gasteiger charge is -2.33. The topological polar surface area (TPSA) is 58.6 Å². The molecule has 1 amide bonds. The summed E-state index contributed by atoms with van der Waals surface area (Å²) in [4.78, 5) is 26.1. The number of ether oxygens (including phenoxy) is 1. The van der Waals surface area contributed by atoms with Crippen molar-refractivity contribution in [3.63, 3.8) is 0 Å². The number of nitrogens with one attached hydrogen (secondary N) is 1. The molecule has 0 radical (unpaired) electrons. The van der Waals surface area contributed by atoms with Crippen LogP contribution in [0.1, 0.15) is 39.5 Å². The molecule has 19 heavy (non-hydrogen) atoms. The van der Waals surface area contributed by atoms with Crippen molar-refractivity contribution < 1.29 is 14.3 Å². The summed E-state index contributed by atoms with van der Waals surface area (Å²) in [6.45, 7) is 4.89. The molecule has 0 aromatic heterocycles. The highest BCUT2D eigenvalue weighted by atomic mass is 16.5. The number of nitrogens with zero attached hydrogens (tertiary/aromatic N) is 1. The molecule has 5 heteroatoms. The molecule has 1 aliphatic heterocycles. The van der Waals surface area contributed by atoms with Crippen LogP contribution in [0.5, 0.6) is 0 Å². The Morgan fingerprint density at radius 1 is 1.42 bits per heavy atom. The molecule has 1 heterocycles. The summed E-state index contributed by atoms with van der Waals surface area (Å²) in [5, 5.41) is 2.86. The molecule has 0 bridgehead atoms. The van der Waals surface area contributed by atoms with Crippen molar-refractivity contribution >= 4 is 11.9 Å². The van der Waals surface area contributed by atoms with Gasteiger partial charge in [0, 0.05) is 0 Å². The summed E-state index contributed by atoms with van der Waals surface area (Å²) in [5.74, 6) is -0.343. The summed E-state index contributed by atoms with van der Waals surface area (Å²) < 4.78 is 4.78. The number of esters is 1. The van der Waals surface area contributed by atoms with Gasteiger partial charge in [0.05, 0.1) is 13.2 Å². The van der Waals surface area contributed by atoms with Crippen LogP contribution >= 0.6 is 0 Å². The Balaban J connectivity index is 2.67. The van der Waals surface area contributed by atoms with Crippen LogP contribution in [0.25, 0.3) is 0 Å². The number of likely N-dealkylation sites (tertiary alicyclic amines) is 1. The highest BCUT2D eigenvalue weighted by Gasteiger charge is 2.32. The van der Waals surface area contributed by atoms with E-state index in [4.69, 9.17) is 4.74 Å². The van der Waals surface area contributed by atoms with Crippen molar-refractivity contribution in [1.29, 1.82) is 0 Å². The lowest BCUT2D eigenvalue weighted by atomic mass is 9.97. The molecule has 1 fully saturated rings. The number of hydrogen-bond acceptors (Lipinski definition) is 4. The molecule has 5 nitrogen and oxygen atoms in total. The van der Waals surface area contributed by atoms with Crippen LogP contribution in [-0.4, -0.2) is 49.6 Å². The molecule has 0 saturated carbocycles. The summed E-state index contributed by atoms with van der Waals surface area (Å²) in [6.07, 6.45) is 3.87. The Kier molecular flexibility index (Phi) is 6.28. The average Bonchev–Trinajstić information content (AvgIpc) is 2.43. The molecule has 1 rings (SSSR count). The van der Waals surface area contributed by atoms with E-state index in [0.29, 0.717) is 0 Å². The third-order valence-corrected chi connectivity index (χ3v) is 4.04. The lowest BCUT2D eigenvalue weighted by Crippen LogP contribution is -2.54. The van der Waals surface area contributed by atoms with Crippen molar-refractivity contribution in [2.75, 3.05) is 20.7 Å². The van der Waals surface area contributed by atoms with E-state index < -0.39 is 6.04 Å². The number of hydrogen-bond donors (Lipinski definition) is 1. The molecular weight excluding hydrogens is 244 g/mol. The van der Waals surface area contributed by atoms with E-state index in [-0.39, 0.29) is 23.8 Å². The molecule has 0 spiro atoms. The first kappa shape index (κ1) is 16.0. The maximum atomic E-state index is 12.3. The van der Waals surface area contributed by atoms with E-state index in [0.717, 1.165) is 32.2 Å². The van der Waals surface area contributed by atoms with E-state index in [1.165, 1.54) is 7.11 Å². The van der Waals surface area contributed by atoms with E-state index in [1.807, 2.05) is 20.9 Å². The van der Waals surface area contributed by atoms with Crippen LogP contribution in [-0.2, 0) is 14.3 Å². The van der Waals surface area contributed by atoms with Gasteiger partial charge in [0.2, 0.25) is 5.91 Å². The Labute approximate surface area is 115 Å². The van der Waals surface area contributed by atoms with Gasteiger partial charge in [-0.05, 0) is 32.4 Å². The number of carbonyl (C=O) groups excluding carboxylic acids is 2. The summed E-state index contributed by atoms with van der Waals surface area (Å²) in [6, 6.07) is -0.664. The van der Waals surface area contributed by atoms with Gasteiger partial charge in [0.15, 0.2) is 0 Å². The highest BCUT2D eigenvalue weighted by molar-refractivity contribution is 5.87. The first-order valence-electron chi connectivity index (χ1n) is 7.09. The normalized spacial score (nSPS) is 23.5. The average molecular weight is 270 g/mol. The van der Waals surface area contributed by atoms with Gasteiger partial charge in [-0.25, -0.2) is 4.79 Å². The third kappa shape index (κ3) is 4.20. The zero-order valence-corrected chi connectivity index (χ0v) is 12.4. The van der Waals surface area contributed by atoms with Crippen LogP contribution in [0.4, 0.5) is 0 Å². The van der Waals surface area contributed by atoms with E-state index in [9.17, 15) is 9.59 Å². The van der Waals surface area contributed by atoms with Crippen LogP contribution < -0.4 is 5.32 Å². The van der Waals surface area contributed by atoms with Gasteiger partial charge in [0.25, 0.3) is 0 Å². The fourth-order valence-electron chi connectivity index (χ4n) is 2.45. The van der Waals surface area contributed by atoms with Gasteiger partial charge in [-0.15, -0.1) is 0 Å². The van der Waals surface area contributed by atoms with E-state index in [2.05, 4.69) is 10.2 Å². The smallest absolute Gasteiger partial charge is 0.328 e. The van der Waals surface area contributed by atoms with Crippen LogP contribution in [0.15, 0.2) is 0 Å². The molecular formula is C14H26N2O3. The Morgan fingerprint density at radius 3 is 2.63 bits per heavy atom. The first-order valence-corrected chi connectivity index (χ1v) is 7.09. The zero-order valence-electron chi connectivity index (χ0n) is 12.4. The van der Waals surface area contributed by atoms with Gasteiger partial charge in [-0.2, -0.15) is 0 Å². The van der Waals surface area contributed by atoms with Crippen molar-refractivity contribution in [2.24, 2.45) is 5.92 Å². The quantitative estimate of drug-likeness (QED) is 0.762. The van der Waals surface area contributed by atoms with Gasteiger partial charge >= 0.3 is 5.97 Å². The molecule has 0 aromatic carbocycles. The fourth-order valence-corrected chi connectivity index (χ4v) is 2.45. The number of piperidine rings is 1. The van der Waals surface area contributed by atoms with E-state index >= 15 is 0 Å². The molecule has 3 atom stereocenters. The highest BCUT2D eigenvalue weighted by Crippen LogP contribution is 2.16. The zero-order chi connectivity index (χ0) is 14.4. The Morgan fingerprint density at radius 2 is 2.11 bits per heavy atom. The molecule has 0 aromatic rings. The van der Waals surface area contributed by atoms with Crippen LogP contribution in [0.3, 0.4) is 0 Å². The van der Waals surface area contributed by atoms with Crippen molar-refractivity contribution in [3.05, 3.63) is 0 Å². The predicted octanol–water partition coefficient (Wildman–Crippen LogP) is 1.17. The number of methoxy groups -OCH3 is 1. The number of likely N-dealkylation sites (N-methyl/N-ethyl adjacent to an activating group) is 1. The predicted molar refractivity (Wildman–Crippen MR) is 73.7 cm³/mol. The fraction of sp³-hybridized carbons (Fsp3) is 0.857. The SMILES string of the molecule is CC[C@H](C)[C@H](NC(=O)[C@H]1CCCCN1C)C(=O)OC. The maximum absolute atomic E-state index is 12.3.